The van der Waals surface area contributed by atoms with Crippen molar-refractivity contribution in [3.63, 3.8) is 0 Å². The minimum Gasteiger partial charge on any atom is -0.857 e. The molecule has 0 fully saturated rings. The van der Waals surface area contributed by atoms with Gasteiger partial charge in [-0.05, 0) is 0 Å². The Hall–Kier alpha value is -0.916. The molecule has 0 N–H and O–H groups in total. The van der Waals surface area contributed by atoms with E-state index in [9.17, 15) is 14.4 Å². The molecule has 140 valence electrons. The number of carbonyl (C=O) groups excluding carboxylic acids is 3. The molecule has 0 aliphatic rings. The SMILES string of the molecule is CC(C)(C)C(=O)[O][Ti+]([O]C(=O)C(C)(C)C)[O]C(=O)C(C)(C)C.C[O-]. The van der Waals surface area contributed by atoms with Gasteiger partial charge in [-0.2, -0.15) is 7.11 Å². The van der Waals surface area contributed by atoms with Crippen molar-refractivity contribution in [1.29, 1.82) is 0 Å². The van der Waals surface area contributed by atoms with E-state index >= 15 is 0 Å². The second-order valence-electron chi connectivity index (χ2n) is 8.17. The van der Waals surface area contributed by atoms with E-state index in [1.165, 1.54) is 0 Å². The normalized spacial score (nSPS) is 11.6. The third kappa shape index (κ3) is 10.1. The first kappa shape index (κ1) is 25.3. The van der Waals surface area contributed by atoms with E-state index in [0.29, 0.717) is 0 Å². The van der Waals surface area contributed by atoms with Gasteiger partial charge in [0, 0.05) is 0 Å². The Morgan fingerprint density at radius 3 is 0.875 bits per heavy atom. The van der Waals surface area contributed by atoms with Crippen molar-refractivity contribution in [2.24, 2.45) is 16.2 Å². The number of hydrogen-bond donors (Lipinski definition) is 0. The van der Waals surface area contributed by atoms with Crippen molar-refractivity contribution in [3.8, 4) is 0 Å². The first-order valence-corrected chi connectivity index (χ1v) is 9.41. The van der Waals surface area contributed by atoms with Gasteiger partial charge in [-0.1, -0.05) is 0 Å². The minimum atomic E-state index is -3.57. The quantitative estimate of drug-likeness (QED) is 0.689. The molecule has 0 aliphatic heterocycles. The molecule has 0 atom stereocenters. The topological polar surface area (TPSA) is 102 Å². The van der Waals surface area contributed by atoms with Crippen LogP contribution in [0, 0.1) is 16.2 Å². The largest absolute Gasteiger partial charge is 0.857 e. The summed E-state index contributed by atoms with van der Waals surface area (Å²) in [4.78, 5) is 35.9. The summed E-state index contributed by atoms with van der Waals surface area (Å²) in [6, 6.07) is 0. The van der Waals surface area contributed by atoms with Crippen molar-refractivity contribution in [1.82, 2.24) is 0 Å². The Morgan fingerprint density at radius 1 is 0.583 bits per heavy atom. The summed E-state index contributed by atoms with van der Waals surface area (Å²) < 4.78 is 15.6. The maximum absolute atomic E-state index is 12.0. The van der Waals surface area contributed by atoms with Crippen molar-refractivity contribution < 1.29 is 48.5 Å². The molecule has 0 amide bonds. The van der Waals surface area contributed by atoms with Gasteiger partial charge >= 0.3 is 140 Å². The number of hydrogen-bond acceptors (Lipinski definition) is 7. The summed E-state index contributed by atoms with van der Waals surface area (Å²) in [5, 5.41) is 8.25. The standard InChI is InChI=1S/3C5H10O2.CH3O.Ti/c3*1-5(2,3)4(6)7;1-2;/h3*1-3H3,(H,6,7);1H3;/q;;;-1;+4/p-3. The molecule has 0 bridgehead atoms. The average molecular weight is 382 g/mol. The summed E-state index contributed by atoms with van der Waals surface area (Å²) >= 11 is -3.57. The molecule has 0 rings (SSSR count). The van der Waals surface area contributed by atoms with Crippen molar-refractivity contribution >= 4 is 17.9 Å². The summed E-state index contributed by atoms with van der Waals surface area (Å²) in [6.45, 7) is 15.0. The molecule has 0 aromatic carbocycles. The van der Waals surface area contributed by atoms with E-state index < -0.39 is 53.2 Å². The van der Waals surface area contributed by atoms with Crippen LogP contribution in [0.4, 0.5) is 0 Å². The molecule has 0 aromatic heterocycles. The summed E-state index contributed by atoms with van der Waals surface area (Å²) in [5.41, 5.74) is -2.33. The van der Waals surface area contributed by atoms with Gasteiger partial charge in [-0.15, -0.1) is 0 Å². The van der Waals surface area contributed by atoms with E-state index in [1.807, 2.05) is 0 Å². The molecule has 0 saturated heterocycles. The third-order valence-electron chi connectivity index (χ3n) is 2.37. The Labute approximate surface area is 152 Å². The van der Waals surface area contributed by atoms with Crippen molar-refractivity contribution in [2.75, 3.05) is 7.11 Å². The van der Waals surface area contributed by atoms with Crippen LogP contribution in [-0.4, -0.2) is 25.0 Å². The predicted octanol–water partition coefficient (Wildman–Crippen LogP) is 2.09. The fourth-order valence-electron chi connectivity index (χ4n) is 0.749. The second kappa shape index (κ2) is 9.54. The molecule has 8 heteroatoms. The van der Waals surface area contributed by atoms with Gasteiger partial charge < -0.3 is 5.11 Å². The Balaban J connectivity index is 0. The van der Waals surface area contributed by atoms with Gasteiger partial charge in [0.15, 0.2) is 0 Å². The molecule has 0 aliphatic carbocycles. The predicted molar refractivity (Wildman–Crippen MR) is 82.6 cm³/mol. The monoisotopic (exact) mass is 382 g/mol. The molecule has 0 unspecified atom stereocenters. The zero-order chi connectivity index (χ0) is 19.9. The van der Waals surface area contributed by atoms with Crippen LogP contribution in [-0.2, 0) is 43.4 Å². The van der Waals surface area contributed by atoms with Crippen LogP contribution in [0.25, 0.3) is 0 Å². The summed E-state index contributed by atoms with van der Waals surface area (Å²) in [7, 11) is 0.750. The van der Waals surface area contributed by atoms with E-state index in [1.54, 1.807) is 62.3 Å². The summed E-state index contributed by atoms with van der Waals surface area (Å²) in [5.74, 6) is -1.69. The number of carbonyl (C=O) groups is 3. The third-order valence-corrected chi connectivity index (χ3v) is 4.01. The van der Waals surface area contributed by atoms with Crippen molar-refractivity contribution in [2.45, 2.75) is 62.3 Å². The van der Waals surface area contributed by atoms with Crippen LogP contribution in [0.2, 0.25) is 0 Å². The van der Waals surface area contributed by atoms with Gasteiger partial charge in [-0.25, -0.2) is 0 Å². The smallest absolute Gasteiger partial charge is 0.153 e. The second-order valence-corrected chi connectivity index (χ2v) is 9.91. The van der Waals surface area contributed by atoms with Gasteiger partial charge in [0.25, 0.3) is 0 Å². The van der Waals surface area contributed by atoms with Gasteiger partial charge in [0.1, 0.15) is 0 Å². The Morgan fingerprint density at radius 2 is 0.750 bits per heavy atom. The Bertz CT molecular complexity index is 372. The molecule has 24 heavy (non-hydrogen) atoms. The van der Waals surface area contributed by atoms with Crippen LogP contribution in [0.1, 0.15) is 62.3 Å². The molecule has 0 aromatic rings. The average Bonchev–Trinajstić information content (AvgIpc) is 2.37. The van der Waals surface area contributed by atoms with Crippen LogP contribution in [0.3, 0.4) is 0 Å². The van der Waals surface area contributed by atoms with Crippen LogP contribution in [0.15, 0.2) is 0 Å². The van der Waals surface area contributed by atoms with E-state index in [-0.39, 0.29) is 0 Å². The van der Waals surface area contributed by atoms with E-state index in [0.717, 1.165) is 7.11 Å². The fourth-order valence-corrected chi connectivity index (χ4v) is 3.09. The maximum atomic E-state index is 12.0. The number of rotatable bonds is 3. The zero-order valence-electron chi connectivity index (χ0n) is 16.4. The zero-order valence-corrected chi connectivity index (χ0v) is 17.9. The molecule has 0 heterocycles. The van der Waals surface area contributed by atoms with Gasteiger partial charge in [0.2, 0.25) is 0 Å². The van der Waals surface area contributed by atoms with Gasteiger partial charge in [0.05, 0.1) is 0 Å². The molecule has 7 nitrogen and oxygen atoms in total. The van der Waals surface area contributed by atoms with Crippen LogP contribution in [0.5, 0.6) is 0 Å². The first-order chi connectivity index (χ1) is 10.5. The molecular weight excluding hydrogens is 352 g/mol. The Kier molecular flexibility index (Phi) is 10.1. The molecule has 0 saturated carbocycles. The minimum absolute atomic E-state index is 0.564. The molecular formula is C16H30O7Ti. The van der Waals surface area contributed by atoms with E-state index in [2.05, 4.69) is 0 Å². The fraction of sp³-hybridized carbons (Fsp3) is 0.812. The van der Waals surface area contributed by atoms with Gasteiger partial charge in [-0.3, -0.25) is 0 Å². The molecule has 0 spiro atoms. The molecule has 0 radical (unpaired) electrons. The van der Waals surface area contributed by atoms with E-state index in [4.69, 9.17) is 15.1 Å². The summed E-state index contributed by atoms with van der Waals surface area (Å²) in [6.07, 6.45) is 0. The van der Waals surface area contributed by atoms with Crippen LogP contribution >= 0.6 is 0 Å². The van der Waals surface area contributed by atoms with Crippen LogP contribution < -0.4 is 5.11 Å². The van der Waals surface area contributed by atoms with Crippen molar-refractivity contribution in [3.05, 3.63) is 0 Å². The maximum Gasteiger partial charge on any atom is -0.153 e. The first-order valence-electron chi connectivity index (χ1n) is 7.50.